The van der Waals surface area contributed by atoms with Gasteiger partial charge in [0.2, 0.25) is 0 Å². The number of anilines is 1. The van der Waals surface area contributed by atoms with Crippen LogP contribution >= 0.6 is 34.5 Å². The van der Waals surface area contributed by atoms with Crippen LogP contribution in [0.4, 0.5) is 5.13 Å². The number of nitrogens with one attached hydrogen (secondary N) is 2. The first-order valence-electron chi connectivity index (χ1n) is 8.50. The first kappa shape index (κ1) is 19.0. The molecule has 2 aromatic carbocycles. The van der Waals surface area contributed by atoms with Gasteiger partial charge in [-0.15, -0.1) is 0 Å². The maximum atomic E-state index is 11.3. The van der Waals surface area contributed by atoms with E-state index in [4.69, 9.17) is 33.4 Å². The lowest BCUT2D eigenvalue weighted by atomic mass is 10.1. The van der Waals surface area contributed by atoms with E-state index >= 15 is 0 Å². The van der Waals surface area contributed by atoms with Gasteiger partial charge in [0.1, 0.15) is 0 Å². The van der Waals surface area contributed by atoms with Crippen LogP contribution in [0.5, 0.6) is 0 Å². The average Bonchev–Trinajstić information content (AvgIpc) is 3.28. The van der Waals surface area contributed by atoms with E-state index in [1.807, 2.05) is 30.3 Å². The van der Waals surface area contributed by atoms with Crippen LogP contribution in [0.3, 0.4) is 0 Å². The van der Waals surface area contributed by atoms with Crippen molar-refractivity contribution in [3.63, 3.8) is 0 Å². The number of fused-ring (bicyclic) bond motifs is 1. The predicted octanol–water partition coefficient (Wildman–Crippen LogP) is 4.53. The minimum Gasteiger partial charge on any atom is -0.408 e. The summed E-state index contributed by atoms with van der Waals surface area (Å²) in [6.45, 7) is 0.568. The minimum atomic E-state index is -0.463. The first-order valence-corrected chi connectivity index (χ1v) is 10.1. The molecule has 0 unspecified atom stereocenters. The number of nitrogens with two attached hydrogens (primary N) is 1. The van der Waals surface area contributed by atoms with Crippen molar-refractivity contribution in [2.75, 3.05) is 11.9 Å². The van der Waals surface area contributed by atoms with E-state index in [2.05, 4.69) is 15.3 Å². The maximum Gasteiger partial charge on any atom is 0.417 e. The Morgan fingerprint density at radius 1 is 1.21 bits per heavy atom. The Labute approximate surface area is 174 Å². The lowest BCUT2D eigenvalue weighted by molar-refractivity contribution is 0.555. The van der Waals surface area contributed by atoms with Crippen molar-refractivity contribution in [2.45, 2.75) is 12.5 Å². The molecule has 9 heteroatoms. The molecule has 0 amide bonds. The molecule has 0 saturated carbocycles. The van der Waals surface area contributed by atoms with Crippen molar-refractivity contribution < 1.29 is 4.42 Å². The number of aromatic amines is 1. The van der Waals surface area contributed by atoms with Crippen molar-refractivity contribution in [1.82, 2.24) is 9.97 Å². The fraction of sp³-hybridized carbons (Fsp3) is 0.158. The molecule has 0 radical (unpaired) electrons. The van der Waals surface area contributed by atoms with Crippen LogP contribution in [0.2, 0.25) is 10.0 Å². The Kier molecular flexibility index (Phi) is 5.41. The van der Waals surface area contributed by atoms with E-state index in [-0.39, 0.29) is 6.04 Å². The summed E-state index contributed by atoms with van der Waals surface area (Å²) in [6, 6.07) is 11.0. The van der Waals surface area contributed by atoms with Crippen LogP contribution in [-0.2, 0) is 6.42 Å². The number of benzene rings is 2. The van der Waals surface area contributed by atoms with Gasteiger partial charge < -0.3 is 15.5 Å². The van der Waals surface area contributed by atoms with Gasteiger partial charge in [0.15, 0.2) is 10.7 Å². The van der Waals surface area contributed by atoms with Crippen LogP contribution in [0.25, 0.3) is 21.5 Å². The number of halogens is 2. The van der Waals surface area contributed by atoms with E-state index in [9.17, 15) is 4.79 Å². The summed E-state index contributed by atoms with van der Waals surface area (Å²) >= 11 is 13.5. The second-order valence-corrected chi connectivity index (χ2v) is 8.19. The van der Waals surface area contributed by atoms with Crippen molar-refractivity contribution in [3.05, 3.63) is 68.8 Å². The van der Waals surface area contributed by atoms with Crippen LogP contribution in [0, 0.1) is 0 Å². The Hall–Kier alpha value is -2.32. The zero-order chi connectivity index (χ0) is 19.7. The van der Waals surface area contributed by atoms with Crippen molar-refractivity contribution >= 4 is 50.8 Å². The van der Waals surface area contributed by atoms with E-state index in [0.29, 0.717) is 34.1 Å². The molecule has 0 bridgehead atoms. The van der Waals surface area contributed by atoms with E-state index in [1.54, 1.807) is 12.3 Å². The van der Waals surface area contributed by atoms with Crippen LogP contribution in [-0.4, -0.2) is 22.6 Å². The van der Waals surface area contributed by atoms with Gasteiger partial charge in [0.05, 0.1) is 20.4 Å². The largest absolute Gasteiger partial charge is 0.417 e. The molecule has 6 nitrogen and oxygen atoms in total. The molecule has 28 heavy (non-hydrogen) atoms. The quantitative estimate of drug-likeness (QED) is 0.413. The highest BCUT2D eigenvalue weighted by Crippen LogP contribution is 2.30. The molecular weight excluding hydrogens is 419 g/mol. The Morgan fingerprint density at radius 3 is 2.89 bits per heavy atom. The summed E-state index contributed by atoms with van der Waals surface area (Å²) in [5.74, 6) is -0.463. The summed E-state index contributed by atoms with van der Waals surface area (Å²) in [6.07, 6.45) is 2.45. The fourth-order valence-electron chi connectivity index (χ4n) is 2.85. The molecule has 0 aliphatic rings. The number of oxazole rings is 1. The van der Waals surface area contributed by atoms with Gasteiger partial charge >= 0.3 is 5.76 Å². The Morgan fingerprint density at radius 2 is 2.07 bits per heavy atom. The second-order valence-electron chi connectivity index (χ2n) is 6.35. The zero-order valence-corrected chi connectivity index (χ0v) is 16.9. The fourth-order valence-corrected chi connectivity index (χ4v) is 3.99. The van der Waals surface area contributed by atoms with E-state index in [0.717, 1.165) is 21.1 Å². The number of rotatable bonds is 6. The minimum absolute atomic E-state index is 0.102. The highest BCUT2D eigenvalue weighted by atomic mass is 35.5. The van der Waals surface area contributed by atoms with Gasteiger partial charge in [-0.05, 0) is 41.8 Å². The molecule has 0 aliphatic carbocycles. The van der Waals surface area contributed by atoms with Gasteiger partial charge in [0.25, 0.3) is 0 Å². The number of hydrogen-bond acceptors (Lipinski definition) is 6. The number of thiazole rings is 1. The average molecular weight is 435 g/mol. The third-order valence-corrected chi connectivity index (χ3v) is 5.95. The first-order chi connectivity index (χ1) is 13.5. The lowest BCUT2D eigenvalue weighted by Crippen LogP contribution is -2.31. The zero-order valence-electron chi connectivity index (χ0n) is 14.5. The molecule has 0 aliphatic heterocycles. The van der Waals surface area contributed by atoms with E-state index < -0.39 is 5.76 Å². The Balaban J connectivity index is 1.39. The molecule has 0 fully saturated rings. The number of H-pyrrole nitrogens is 1. The molecule has 2 heterocycles. The van der Waals surface area contributed by atoms with Gasteiger partial charge in [-0.25, -0.2) is 9.78 Å². The summed E-state index contributed by atoms with van der Waals surface area (Å²) < 4.78 is 5.11. The highest BCUT2D eigenvalue weighted by Gasteiger charge is 2.10. The molecule has 144 valence electrons. The highest BCUT2D eigenvalue weighted by molar-refractivity contribution is 7.18. The number of nitrogens with zero attached hydrogens (tertiary/aromatic N) is 1. The second kappa shape index (κ2) is 7.97. The lowest BCUT2D eigenvalue weighted by Gasteiger charge is -2.12. The topological polar surface area (TPSA) is 96.9 Å². The summed E-state index contributed by atoms with van der Waals surface area (Å²) in [5, 5.41) is 5.10. The van der Waals surface area contributed by atoms with Crippen molar-refractivity contribution in [1.29, 1.82) is 0 Å². The summed E-state index contributed by atoms with van der Waals surface area (Å²) in [5.41, 5.74) is 9.37. The smallest absolute Gasteiger partial charge is 0.408 e. The third kappa shape index (κ3) is 4.23. The molecule has 2 aromatic heterocycles. The maximum absolute atomic E-state index is 11.3. The molecule has 4 N–H and O–H groups in total. The summed E-state index contributed by atoms with van der Waals surface area (Å²) in [7, 11) is 0. The van der Waals surface area contributed by atoms with Crippen LogP contribution in [0.15, 0.2) is 51.8 Å². The van der Waals surface area contributed by atoms with Crippen molar-refractivity contribution in [2.24, 2.45) is 5.73 Å². The van der Waals surface area contributed by atoms with E-state index in [1.165, 1.54) is 11.3 Å². The normalized spacial score (nSPS) is 12.4. The van der Waals surface area contributed by atoms with Crippen LogP contribution < -0.4 is 16.8 Å². The monoisotopic (exact) mass is 434 g/mol. The molecule has 0 saturated heterocycles. The summed E-state index contributed by atoms with van der Waals surface area (Å²) in [4.78, 5) is 19.3. The molecule has 4 rings (SSSR count). The standard InChI is InChI=1S/C19H16Cl2N4O2S/c20-13-3-1-10(6-14(13)21)5-12(22)8-23-18-24-9-17(28-18)11-2-4-15-16(7-11)27-19(26)25-15/h1-4,6-7,9,12H,5,8,22H2,(H,23,24)(H,25,26)/t12-/m0/s1. The van der Waals surface area contributed by atoms with Crippen molar-refractivity contribution in [3.8, 4) is 10.4 Å². The molecule has 1 atom stereocenters. The predicted molar refractivity (Wildman–Crippen MR) is 115 cm³/mol. The molecular formula is C19H16Cl2N4O2S. The molecule has 0 spiro atoms. The number of aromatic nitrogens is 2. The van der Waals surface area contributed by atoms with Gasteiger partial charge in [-0.2, -0.15) is 0 Å². The third-order valence-electron chi connectivity index (χ3n) is 4.21. The van der Waals surface area contributed by atoms with Gasteiger partial charge in [-0.1, -0.05) is 46.7 Å². The SMILES string of the molecule is N[C@H](CNc1ncc(-c2ccc3[nH]c(=O)oc3c2)s1)Cc1ccc(Cl)c(Cl)c1. The van der Waals surface area contributed by atoms with Gasteiger partial charge in [0, 0.05) is 18.8 Å². The Bertz CT molecular complexity index is 1180. The molecule has 4 aromatic rings. The van der Waals surface area contributed by atoms with Crippen LogP contribution in [0.1, 0.15) is 5.56 Å². The number of hydrogen-bond donors (Lipinski definition) is 3. The van der Waals surface area contributed by atoms with Gasteiger partial charge in [-0.3, -0.25) is 4.98 Å².